The van der Waals surface area contributed by atoms with E-state index in [0.717, 1.165) is 59.5 Å². The molecule has 1 aliphatic heterocycles. The number of nitrogens with one attached hydrogen (secondary N) is 1. The van der Waals surface area contributed by atoms with E-state index in [0.29, 0.717) is 23.9 Å². The van der Waals surface area contributed by atoms with Crippen molar-refractivity contribution in [2.24, 2.45) is 0 Å². The number of benzene rings is 2. The Labute approximate surface area is 228 Å². The molecule has 0 atom stereocenters. The molecule has 37 heavy (non-hydrogen) atoms. The van der Waals surface area contributed by atoms with Gasteiger partial charge in [-0.2, -0.15) is 0 Å². The fraction of sp³-hybridized carbons (Fsp3) is 0.321. The Morgan fingerprint density at radius 2 is 1.86 bits per heavy atom. The average molecular weight is 585 g/mol. The summed E-state index contributed by atoms with van der Waals surface area (Å²) in [6.07, 6.45) is 8.83. The molecule has 4 amide bonds. The van der Waals surface area contributed by atoms with Crippen molar-refractivity contribution in [3.05, 3.63) is 69.3 Å². The largest absolute Gasteiger partial charge is 0.492 e. The summed E-state index contributed by atoms with van der Waals surface area (Å²) in [4.78, 5) is 39.9. The highest BCUT2D eigenvalue weighted by molar-refractivity contribution is 9.10. The lowest BCUT2D eigenvalue weighted by molar-refractivity contribution is -0.132. The van der Waals surface area contributed by atoms with Crippen LogP contribution in [0.4, 0.5) is 4.79 Å². The standard InChI is InChI=1S/C28H27BrClN3O4/c29-19-11-12-24-21(16-19)18(17-32(24)13-6-14-37-25-10-5-4-9-23(25)30)15-22-26(34)31-28(36)33(27(22)35)20-7-2-1-3-8-20/h4-5,9-12,15-17,20H,1-3,6-8,13-14H2,(H,31,34,36)/b22-15+. The molecule has 5 rings (SSSR count). The lowest BCUT2D eigenvalue weighted by Gasteiger charge is -2.35. The van der Waals surface area contributed by atoms with Gasteiger partial charge in [-0.15, -0.1) is 0 Å². The van der Waals surface area contributed by atoms with Crippen LogP contribution in [0.15, 0.2) is 58.7 Å². The van der Waals surface area contributed by atoms with Crippen LogP contribution >= 0.6 is 27.5 Å². The van der Waals surface area contributed by atoms with Crippen molar-refractivity contribution in [2.75, 3.05) is 6.61 Å². The van der Waals surface area contributed by atoms with Gasteiger partial charge in [-0.3, -0.25) is 19.8 Å². The summed E-state index contributed by atoms with van der Waals surface area (Å²) in [5, 5.41) is 3.84. The molecule has 2 heterocycles. The first kappa shape index (κ1) is 25.5. The van der Waals surface area contributed by atoms with E-state index in [1.807, 2.05) is 42.6 Å². The van der Waals surface area contributed by atoms with Gasteiger partial charge in [-0.05, 0) is 55.7 Å². The van der Waals surface area contributed by atoms with Crippen molar-refractivity contribution < 1.29 is 19.1 Å². The van der Waals surface area contributed by atoms with E-state index in [1.54, 1.807) is 12.1 Å². The number of aryl methyl sites for hydroxylation is 1. The molecule has 1 N–H and O–H groups in total. The maximum atomic E-state index is 13.4. The third-order valence-electron chi connectivity index (χ3n) is 6.88. The first-order valence-corrected chi connectivity index (χ1v) is 13.7. The van der Waals surface area contributed by atoms with Crippen LogP contribution in [-0.4, -0.2) is 40.0 Å². The Kier molecular flexibility index (Phi) is 7.67. The smallest absolute Gasteiger partial charge is 0.331 e. The Morgan fingerprint density at radius 3 is 2.65 bits per heavy atom. The molecule has 2 fully saturated rings. The molecule has 3 aromatic rings. The number of nitrogens with zero attached hydrogens (tertiary/aromatic N) is 2. The molecule has 0 radical (unpaired) electrons. The van der Waals surface area contributed by atoms with Gasteiger partial charge in [-0.25, -0.2) is 4.79 Å². The predicted molar refractivity (Wildman–Crippen MR) is 146 cm³/mol. The summed E-state index contributed by atoms with van der Waals surface area (Å²) < 4.78 is 8.80. The quantitative estimate of drug-likeness (QED) is 0.200. The molecule has 7 nitrogen and oxygen atoms in total. The van der Waals surface area contributed by atoms with Gasteiger partial charge in [0.2, 0.25) is 0 Å². The number of carbonyl (C=O) groups is 3. The van der Waals surface area contributed by atoms with Crippen molar-refractivity contribution in [3.63, 3.8) is 0 Å². The normalized spacial score (nSPS) is 18.1. The topological polar surface area (TPSA) is 80.6 Å². The van der Waals surface area contributed by atoms with E-state index in [4.69, 9.17) is 16.3 Å². The third-order valence-corrected chi connectivity index (χ3v) is 7.69. The van der Waals surface area contributed by atoms with Gasteiger partial charge in [0.05, 0.1) is 11.6 Å². The number of ether oxygens (including phenoxy) is 1. The zero-order chi connectivity index (χ0) is 25.9. The van der Waals surface area contributed by atoms with E-state index in [9.17, 15) is 14.4 Å². The molecule has 2 aromatic carbocycles. The van der Waals surface area contributed by atoms with Crippen LogP contribution in [0.3, 0.4) is 0 Å². The highest BCUT2D eigenvalue weighted by atomic mass is 79.9. The van der Waals surface area contributed by atoms with E-state index in [2.05, 4.69) is 25.8 Å². The number of halogens is 2. The fourth-order valence-electron chi connectivity index (χ4n) is 5.07. The predicted octanol–water partition coefficient (Wildman–Crippen LogP) is 6.32. The summed E-state index contributed by atoms with van der Waals surface area (Å²) in [7, 11) is 0. The van der Waals surface area contributed by atoms with Gasteiger partial charge in [0.25, 0.3) is 11.8 Å². The number of fused-ring (bicyclic) bond motifs is 1. The maximum Gasteiger partial charge on any atom is 0.331 e. The number of hydrogen-bond donors (Lipinski definition) is 1. The molecule has 1 aromatic heterocycles. The second-order valence-corrected chi connectivity index (χ2v) is 10.7. The van der Waals surface area contributed by atoms with Gasteiger partial charge in [0.15, 0.2) is 0 Å². The van der Waals surface area contributed by atoms with Gasteiger partial charge in [0, 0.05) is 39.7 Å². The van der Waals surface area contributed by atoms with E-state index in [1.165, 1.54) is 4.90 Å². The number of carbonyl (C=O) groups excluding carboxylic acids is 3. The van der Waals surface area contributed by atoms with Crippen LogP contribution in [-0.2, 0) is 16.1 Å². The van der Waals surface area contributed by atoms with Gasteiger partial charge in [0.1, 0.15) is 11.3 Å². The number of rotatable bonds is 7. The van der Waals surface area contributed by atoms with Crippen LogP contribution in [0.5, 0.6) is 5.75 Å². The first-order valence-electron chi connectivity index (χ1n) is 12.5. The summed E-state index contributed by atoms with van der Waals surface area (Å²) >= 11 is 9.70. The van der Waals surface area contributed by atoms with Crippen LogP contribution in [0, 0.1) is 0 Å². The van der Waals surface area contributed by atoms with Gasteiger partial charge in [-0.1, -0.05) is 58.9 Å². The van der Waals surface area contributed by atoms with E-state index < -0.39 is 17.8 Å². The second-order valence-electron chi connectivity index (χ2n) is 9.36. The maximum absolute atomic E-state index is 13.4. The van der Waals surface area contributed by atoms with E-state index >= 15 is 0 Å². The summed E-state index contributed by atoms with van der Waals surface area (Å²) in [5.41, 5.74) is 1.68. The lowest BCUT2D eigenvalue weighted by Crippen LogP contribution is -2.58. The van der Waals surface area contributed by atoms with Crippen LogP contribution in [0.2, 0.25) is 5.02 Å². The lowest BCUT2D eigenvalue weighted by atomic mass is 9.93. The molecule has 192 valence electrons. The number of barbiturate groups is 1. The van der Waals surface area contributed by atoms with E-state index in [-0.39, 0.29) is 11.6 Å². The average Bonchev–Trinajstić information content (AvgIpc) is 3.22. The first-order chi connectivity index (χ1) is 17.9. The molecular weight excluding hydrogens is 558 g/mol. The fourth-order valence-corrected chi connectivity index (χ4v) is 5.62. The minimum absolute atomic E-state index is 0.0220. The Bertz CT molecular complexity index is 1390. The minimum atomic E-state index is -0.661. The zero-order valence-corrected chi connectivity index (χ0v) is 22.6. The molecule has 1 saturated carbocycles. The molecular formula is C28H27BrClN3O4. The van der Waals surface area contributed by atoms with Crippen molar-refractivity contribution >= 4 is 62.4 Å². The molecule has 1 saturated heterocycles. The van der Waals surface area contributed by atoms with Crippen molar-refractivity contribution in [2.45, 2.75) is 51.1 Å². The number of urea groups is 1. The second kappa shape index (κ2) is 11.1. The van der Waals surface area contributed by atoms with Crippen LogP contribution in [0.1, 0.15) is 44.1 Å². The summed E-state index contributed by atoms with van der Waals surface area (Å²) in [6.45, 7) is 1.15. The minimum Gasteiger partial charge on any atom is -0.492 e. The van der Waals surface area contributed by atoms with Crippen molar-refractivity contribution in [1.29, 1.82) is 0 Å². The van der Waals surface area contributed by atoms with Crippen molar-refractivity contribution in [1.82, 2.24) is 14.8 Å². The highest BCUT2D eigenvalue weighted by Crippen LogP contribution is 2.30. The van der Waals surface area contributed by atoms with Crippen LogP contribution in [0.25, 0.3) is 17.0 Å². The summed E-state index contributed by atoms with van der Waals surface area (Å²) in [5.74, 6) is -0.537. The molecule has 2 aliphatic rings. The Hall–Kier alpha value is -3.10. The van der Waals surface area contributed by atoms with Crippen molar-refractivity contribution in [3.8, 4) is 5.75 Å². The van der Waals surface area contributed by atoms with Crippen LogP contribution < -0.4 is 10.1 Å². The van der Waals surface area contributed by atoms with Gasteiger partial charge < -0.3 is 9.30 Å². The molecule has 9 heteroatoms. The Balaban J connectivity index is 1.40. The Morgan fingerprint density at radius 1 is 1.08 bits per heavy atom. The molecule has 0 spiro atoms. The molecule has 0 unspecified atom stereocenters. The third kappa shape index (κ3) is 5.45. The molecule has 1 aliphatic carbocycles. The van der Waals surface area contributed by atoms with Gasteiger partial charge >= 0.3 is 6.03 Å². The summed E-state index contributed by atoms with van der Waals surface area (Å²) in [6, 6.07) is 12.5. The zero-order valence-electron chi connectivity index (χ0n) is 20.2. The highest BCUT2D eigenvalue weighted by Gasteiger charge is 2.40. The number of hydrogen-bond acceptors (Lipinski definition) is 4. The SMILES string of the molecule is O=C1NC(=O)N(C2CCCCC2)C(=O)/C1=C/c1cn(CCCOc2ccccc2Cl)c2ccc(Br)cc12. The number of imide groups is 2. The monoisotopic (exact) mass is 583 g/mol. The number of amides is 4. The number of para-hydroxylation sites is 1. The number of aromatic nitrogens is 1. The molecule has 0 bridgehead atoms.